The lowest BCUT2D eigenvalue weighted by molar-refractivity contribution is 0.548. The number of hydrogen-bond acceptors (Lipinski definition) is 3. The van der Waals surface area contributed by atoms with Crippen LogP contribution < -0.4 is 10.2 Å². The molecule has 0 aliphatic carbocycles. The molecule has 0 aliphatic heterocycles. The van der Waals surface area contributed by atoms with Gasteiger partial charge in [0.1, 0.15) is 0 Å². The maximum atomic E-state index is 4.44. The van der Waals surface area contributed by atoms with Gasteiger partial charge >= 0.3 is 0 Å². The van der Waals surface area contributed by atoms with E-state index in [9.17, 15) is 0 Å². The molecule has 2 rings (SSSR count). The Kier molecular flexibility index (Phi) is 5.34. The first-order valence-electron chi connectivity index (χ1n) is 7.52. The number of hydrogen-bond donors (Lipinski definition) is 1. The van der Waals surface area contributed by atoms with E-state index in [4.69, 9.17) is 0 Å². The first-order chi connectivity index (χ1) is 10.1. The van der Waals surface area contributed by atoms with Crippen LogP contribution in [0.15, 0.2) is 42.6 Å². The molecular weight excluding hydrogens is 258 g/mol. The van der Waals surface area contributed by atoms with E-state index in [0.29, 0.717) is 5.92 Å². The zero-order valence-electron chi connectivity index (χ0n) is 13.4. The Morgan fingerprint density at radius 3 is 2.48 bits per heavy atom. The fourth-order valence-electron chi connectivity index (χ4n) is 2.18. The van der Waals surface area contributed by atoms with Crippen molar-refractivity contribution in [1.82, 2.24) is 10.3 Å². The number of rotatable bonds is 6. The van der Waals surface area contributed by atoms with Crippen LogP contribution in [0, 0.1) is 12.8 Å². The highest BCUT2D eigenvalue weighted by Crippen LogP contribution is 2.23. The fraction of sp³-hybridized carbons (Fsp3) is 0.389. The summed E-state index contributed by atoms with van der Waals surface area (Å²) in [7, 11) is 2.09. The number of nitrogens with one attached hydrogen (secondary N) is 1. The van der Waals surface area contributed by atoms with Crippen LogP contribution in [0.4, 0.5) is 11.4 Å². The third-order valence-electron chi connectivity index (χ3n) is 3.47. The highest BCUT2D eigenvalue weighted by atomic mass is 15.1. The summed E-state index contributed by atoms with van der Waals surface area (Å²) in [5, 5.41) is 3.43. The van der Waals surface area contributed by atoms with Crippen LogP contribution in [0.2, 0.25) is 0 Å². The molecule has 0 saturated carbocycles. The zero-order valence-corrected chi connectivity index (χ0v) is 13.4. The van der Waals surface area contributed by atoms with Gasteiger partial charge in [-0.3, -0.25) is 4.98 Å². The van der Waals surface area contributed by atoms with E-state index in [0.717, 1.165) is 24.5 Å². The molecule has 0 atom stereocenters. The summed E-state index contributed by atoms with van der Waals surface area (Å²) in [6.45, 7) is 8.35. The summed E-state index contributed by atoms with van der Waals surface area (Å²) in [4.78, 5) is 6.62. The van der Waals surface area contributed by atoms with Gasteiger partial charge in [-0.25, -0.2) is 0 Å². The van der Waals surface area contributed by atoms with Crippen LogP contribution in [0.1, 0.15) is 25.1 Å². The maximum absolute atomic E-state index is 4.44. The predicted octanol–water partition coefficient (Wildman–Crippen LogP) is 3.90. The minimum Gasteiger partial charge on any atom is -0.345 e. The number of aromatic nitrogens is 1. The Balaban J connectivity index is 2.07. The molecule has 1 heterocycles. The summed E-state index contributed by atoms with van der Waals surface area (Å²) >= 11 is 0. The molecule has 1 aromatic carbocycles. The van der Waals surface area contributed by atoms with E-state index in [-0.39, 0.29) is 0 Å². The van der Waals surface area contributed by atoms with Crippen LogP contribution in [0.3, 0.4) is 0 Å². The zero-order chi connectivity index (χ0) is 15.2. The minimum absolute atomic E-state index is 0.656. The topological polar surface area (TPSA) is 28.2 Å². The summed E-state index contributed by atoms with van der Waals surface area (Å²) < 4.78 is 0. The standard InChI is InChI=1S/C18H25N3/c1-14(2)12-19-13-16-11-18(9-10-20-16)21(4)17-7-5-15(3)6-8-17/h5-11,14,19H,12-13H2,1-4H3. The number of benzene rings is 1. The lowest BCUT2D eigenvalue weighted by atomic mass is 10.2. The Morgan fingerprint density at radius 2 is 1.81 bits per heavy atom. The second-order valence-corrected chi connectivity index (χ2v) is 5.92. The van der Waals surface area contributed by atoms with Gasteiger partial charge in [0.05, 0.1) is 5.69 Å². The smallest absolute Gasteiger partial charge is 0.0562 e. The van der Waals surface area contributed by atoms with Gasteiger partial charge in [-0.2, -0.15) is 0 Å². The van der Waals surface area contributed by atoms with Gasteiger partial charge in [0.25, 0.3) is 0 Å². The summed E-state index contributed by atoms with van der Waals surface area (Å²) in [5.41, 5.74) is 4.70. The molecule has 1 N–H and O–H groups in total. The summed E-state index contributed by atoms with van der Waals surface area (Å²) in [6.07, 6.45) is 1.88. The van der Waals surface area contributed by atoms with Gasteiger partial charge in [0, 0.05) is 31.2 Å². The van der Waals surface area contributed by atoms with Crippen molar-refractivity contribution in [3.8, 4) is 0 Å². The first-order valence-corrected chi connectivity index (χ1v) is 7.52. The van der Waals surface area contributed by atoms with Crippen molar-refractivity contribution >= 4 is 11.4 Å². The molecule has 0 spiro atoms. The van der Waals surface area contributed by atoms with Crippen molar-refractivity contribution < 1.29 is 0 Å². The van der Waals surface area contributed by atoms with Crippen LogP contribution in [0.25, 0.3) is 0 Å². The third-order valence-corrected chi connectivity index (χ3v) is 3.47. The van der Waals surface area contributed by atoms with Crippen molar-refractivity contribution in [2.45, 2.75) is 27.3 Å². The summed E-state index contributed by atoms with van der Waals surface area (Å²) in [6, 6.07) is 12.8. The van der Waals surface area contributed by atoms with Crippen molar-refractivity contribution in [3.05, 3.63) is 53.9 Å². The Morgan fingerprint density at radius 1 is 1.10 bits per heavy atom. The molecule has 1 aromatic heterocycles. The number of anilines is 2. The van der Waals surface area contributed by atoms with Gasteiger partial charge in [0.15, 0.2) is 0 Å². The van der Waals surface area contributed by atoms with Crippen molar-refractivity contribution in [2.24, 2.45) is 5.92 Å². The molecule has 0 unspecified atom stereocenters. The quantitative estimate of drug-likeness (QED) is 0.871. The Bertz CT molecular complexity index is 561. The average Bonchev–Trinajstić information content (AvgIpc) is 2.47. The average molecular weight is 283 g/mol. The largest absolute Gasteiger partial charge is 0.345 e. The molecule has 3 heteroatoms. The SMILES string of the molecule is Cc1ccc(N(C)c2ccnc(CNCC(C)C)c2)cc1. The lowest BCUT2D eigenvalue weighted by Gasteiger charge is -2.20. The normalized spacial score (nSPS) is 10.9. The van der Waals surface area contributed by atoms with Gasteiger partial charge in [-0.1, -0.05) is 31.5 Å². The van der Waals surface area contributed by atoms with Crippen LogP contribution in [0.5, 0.6) is 0 Å². The molecule has 0 aliphatic rings. The monoisotopic (exact) mass is 283 g/mol. The second kappa shape index (κ2) is 7.23. The van der Waals surface area contributed by atoms with Gasteiger partial charge in [-0.05, 0) is 43.7 Å². The molecular formula is C18H25N3. The second-order valence-electron chi connectivity index (χ2n) is 5.92. The van der Waals surface area contributed by atoms with Gasteiger partial charge in [-0.15, -0.1) is 0 Å². The van der Waals surface area contributed by atoms with E-state index in [1.807, 2.05) is 12.3 Å². The van der Waals surface area contributed by atoms with E-state index in [2.05, 4.69) is 73.4 Å². The van der Waals surface area contributed by atoms with Crippen molar-refractivity contribution in [1.29, 1.82) is 0 Å². The Hall–Kier alpha value is -1.87. The van der Waals surface area contributed by atoms with Crippen LogP contribution in [-0.2, 0) is 6.54 Å². The van der Waals surface area contributed by atoms with E-state index < -0.39 is 0 Å². The minimum atomic E-state index is 0.656. The van der Waals surface area contributed by atoms with Crippen LogP contribution >= 0.6 is 0 Å². The van der Waals surface area contributed by atoms with Crippen molar-refractivity contribution in [3.63, 3.8) is 0 Å². The molecule has 2 aromatic rings. The number of aryl methyl sites for hydroxylation is 1. The molecule has 0 fully saturated rings. The molecule has 0 radical (unpaired) electrons. The third kappa shape index (κ3) is 4.57. The van der Waals surface area contributed by atoms with Crippen LogP contribution in [-0.4, -0.2) is 18.6 Å². The molecule has 112 valence electrons. The van der Waals surface area contributed by atoms with Gasteiger partial charge in [0.2, 0.25) is 0 Å². The summed E-state index contributed by atoms with van der Waals surface area (Å²) in [5.74, 6) is 0.656. The molecule has 0 amide bonds. The molecule has 3 nitrogen and oxygen atoms in total. The maximum Gasteiger partial charge on any atom is 0.0562 e. The van der Waals surface area contributed by atoms with E-state index >= 15 is 0 Å². The fourth-order valence-corrected chi connectivity index (χ4v) is 2.18. The lowest BCUT2D eigenvalue weighted by Crippen LogP contribution is -2.20. The number of nitrogens with zero attached hydrogens (tertiary/aromatic N) is 2. The van der Waals surface area contributed by atoms with E-state index in [1.54, 1.807) is 0 Å². The number of pyridine rings is 1. The van der Waals surface area contributed by atoms with E-state index in [1.165, 1.54) is 11.3 Å². The first kappa shape index (κ1) is 15.5. The van der Waals surface area contributed by atoms with Gasteiger partial charge < -0.3 is 10.2 Å². The highest BCUT2D eigenvalue weighted by molar-refractivity contribution is 5.62. The molecule has 21 heavy (non-hydrogen) atoms. The highest BCUT2D eigenvalue weighted by Gasteiger charge is 2.05. The van der Waals surface area contributed by atoms with Crippen molar-refractivity contribution in [2.75, 3.05) is 18.5 Å². The molecule has 0 saturated heterocycles. The Labute approximate surface area is 128 Å². The predicted molar refractivity (Wildman–Crippen MR) is 90.0 cm³/mol. The molecule has 0 bridgehead atoms.